The predicted molar refractivity (Wildman–Crippen MR) is 43.0 cm³/mol. The molecule has 1 aromatic carbocycles. The average molecular weight is 224 g/mol. The highest BCUT2D eigenvalue weighted by Gasteiger charge is 2.23. The van der Waals surface area contributed by atoms with Crippen molar-refractivity contribution >= 4 is 0 Å². The lowest BCUT2D eigenvalue weighted by Crippen LogP contribution is -2.10. The van der Waals surface area contributed by atoms with Gasteiger partial charge in [0.2, 0.25) is 0 Å². The molecule has 0 amide bonds. The Morgan fingerprint density at radius 1 is 0.933 bits per heavy atom. The summed E-state index contributed by atoms with van der Waals surface area (Å²) in [7, 11) is 2.32. The maximum Gasteiger partial charge on any atom is 0.197 e. The Bertz CT molecular complexity index is 364. The van der Waals surface area contributed by atoms with Crippen LogP contribution in [0.5, 0.6) is 0 Å². The van der Waals surface area contributed by atoms with Crippen LogP contribution in [0.25, 0.3) is 0 Å². The molecule has 0 aliphatic carbocycles. The van der Waals surface area contributed by atoms with Gasteiger partial charge in [0, 0.05) is 19.8 Å². The van der Waals surface area contributed by atoms with Crippen LogP contribution in [0.4, 0.5) is 17.6 Å². The van der Waals surface area contributed by atoms with Crippen LogP contribution in [-0.2, 0) is 9.47 Å². The zero-order valence-corrected chi connectivity index (χ0v) is 7.98. The average Bonchev–Trinajstić information content (AvgIpc) is 2.24. The normalized spacial score (nSPS) is 11.1. The first-order chi connectivity index (χ1) is 7.02. The summed E-state index contributed by atoms with van der Waals surface area (Å²) in [6.07, 6.45) is -1.28. The van der Waals surface area contributed by atoms with Crippen LogP contribution in [0, 0.1) is 23.3 Å². The summed E-state index contributed by atoms with van der Waals surface area (Å²) in [4.78, 5) is 0. The molecule has 0 saturated heterocycles. The molecule has 0 unspecified atom stereocenters. The molecule has 15 heavy (non-hydrogen) atoms. The largest absolute Gasteiger partial charge is 0.352 e. The summed E-state index contributed by atoms with van der Waals surface area (Å²) in [5.41, 5.74) is -0.531. The standard InChI is InChI=1S/C9H8F4O2/c1-14-9(15-2)4-3-5(10)7(12)8(13)6(4)11/h3,9H,1-2H3. The van der Waals surface area contributed by atoms with Crippen LogP contribution in [0.2, 0.25) is 0 Å². The van der Waals surface area contributed by atoms with Crippen molar-refractivity contribution < 1.29 is 27.0 Å². The highest BCUT2D eigenvalue weighted by molar-refractivity contribution is 5.22. The molecule has 84 valence electrons. The maximum absolute atomic E-state index is 13.1. The van der Waals surface area contributed by atoms with Crippen molar-refractivity contribution in [3.63, 3.8) is 0 Å². The third-order valence-electron chi connectivity index (χ3n) is 1.81. The fraction of sp³-hybridized carbons (Fsp3) is 0.333. The highest BCUT2D eigenvalue weighted by Crippen LogP contribution is 2.25. The lowest BCUT2D eigenvalue weighted by molar-refractivity contribution is -0.108. The van der Waals surface area contributed by atoms with Gasteiger partial charge < -0.3 is 9.47 Å². The molecule has 0 aliphatic heterocycles. The van der Waals surface area contributed by atoms with Crippen LogP contribution >= 0.6 is 0 Å². The van der Waals surface area contributed by atoms with E-state index in [4.69, 9.17) is 0 Å². The summed E-state index contributed by atoms with van der Waals surface area (Å²) in [5, 5.41) is 0. The van der Waals surface area contributed by atoms with Crippen LogP contribution in [0.3, 0.4) is 0 Å². The molecular formula is C9H8F4O2. The van der Waals surface area contributed by atoms with Crippen molar-refractivity contribution in [1.82, 2.24) is 0 Å². The van der Waals surface area contributed by atoms with Crippen LogP contribution in [0.15, 0.2) is 6.07 Å². The molecule has 0 fully saturated rings. The van der Waals surface area contributed by atoms with Gasteiger partial charge in [-0.05, 0) is 6.07 Å². The first-order valence-electron chi connectivity index (χ1n) is 3.91. The third kappa shape index (κ3) is 2.10. The molecule has 0 bridgehead atoms. The SMILES string of the molecule is COC(OC)c1cc(F)c(F)c(F)c1F. The Kier molecular flexibility index (Phi) is 3.65. The van der Waals surface area contributed by atoms with Gasteiger partial charge in [0.05, 0.1) is 0 Å². The van der Waals surface area contributed by atoms with E-state index in [-0.39, 0.29) is 0 Å². The summed E-state index contributed by atoms with van der Waals surface area (Å²) >= 11 is 0. The lowest BCUT2D eigenvalue weighted by atomic mass is 10.2. The number of benzene rings is 1. The van der Waals surface area contributed by atoms with E-state index in [0.29, 0.717) is 6.07 Å². The minimum Gasteiger partial charge on any atom is -0.352 e. The van der Waals surface area contributed by atoms with E-state index in [1.165, 1.54) is 0 Å². The van der Waals surface area contributed by atoms with Gasteiger partial charge in [-0.15, -0.1) is 0 Å². The molecule has 1 rings (SSSR count). The Hall–Kier alpha value is -1.14. The molecule has 0 atom stereocenters. The number of ether oxygens (including phenoxy) is 2. The first kappa shape index (κ1) is 11.9. The Balaban J connectivity index is 3.31. The van der Waals surface area contributed by atoms with Crippen molar-refractivity contribution in [3.8, 4) is 0 Å². The van der Waals surface area contributed by atoms with Gasteiger partial charge in [-0.2, -0.15) is 0 Å². The maximum atomic E-state index is 13.1. The monoisotopic (exact) mass is 224 g/mol. The Labute approximate surface area is 83.4 Å². The molecule has 0 radical (unpaired) electrons. The van der Waals surface area contributed by atoms with Gasteiger partial charge in [-0.1, -0.05) is 0 Å². The molecule has 0 aromatic heterocycles. The molecule has 6 heteroatoms. The summed E-state index contributed by atoms with van der Waals surface area (Å²) < 4.78 is 60.4. The molecule has 0 aliphatic rings. The minimum absolute atomic E-state index is 0.491. The Morgan fingerprint density at radius 2 is 1.47 bits per heavy atom. The molecule has 2 nitrogen and oxygen atoms in total. The van der Waals surface area contributed by atoms with Gasteiger partial charge in [0.15, 0.2) is 29.6 Å². The number of hydrogen-bond donors (Lipinski definition) is 0. The van der Waals surface area contributed by atoms with E-state index in [0.717, 1.165) is 14.2 Å². The Morgan fingerprint density at radius 3 is 1.93 bits per heavy atom. The van der Waals surface area contributed by atoms with E-state index < -0.39 is 35.1 Å². The zero-order valence-electron chi connectivity index (χ0n) is 7.98. The fourth-order valence-electron chi connectivity index (χ4n) is 1.11. The molecular weight excluding hydrogens is 216 g/mol. The smallest absolute Gasteiger partial charge is 0.197 e. The van der Waals surface area contributed by atoms with Crippen molar-refractivity contribution in [3.05, 3.63) is 34.9 Å². The minimum atomic E-state index is -1.89. The van der Waals surface area contributed by atoms with Gasteiger partial charge >= 0.3 is 0 Å². The van der Waals surface area contributed by atoms with Crippen LogP contribution in [0.1, 0.15) is 11.9 Å². The van der Waals surface area contributed by atoms with E-state index in [1.54, 1.807) is 0 Å². The van der Waals surface area contributed by atoms with Gasteiger partial charge in [0.25, 0.3) is 0 Å². The van der Waals surface area contributed by atoms with Gasteiger partial charge in [0.1, 0.15) is 0 Å². The van der Waals surface area contributed by atoms with E-state index in [1.807, 2.05) is 0 Å². The third-order valence-corrected chi connectivity index (χ3v) is 1.81. The molecule has 0 saturated carbocycles. The first-order valence-corrected chi connectivity index (χ1v) is 3.91. The topological polar surface area (TPSA) is 18.5 Å². The number of rotatable bonds is 3. The van der Waals surface area contributed by atoms with E-state index in [2.05, 4.69) is 9.47 Å². The van der Waals surface area contributed by atoms with Crippen LogP contribution in [-0.4, -0.2) is 14.2 Å². The second-order valence-corrected chi connectivity index (χ2v) is 2.69. The molecule has 0 heterocycles. The predicted octanol–water partition coefficient (Wildman–Crippen LogP) is 2.53. The number of halogens is 4. The number of hydrogen-bond acceptors (Lipinski definition) is 2. The highest BCUT2D eigenvalue weighted by atomic mass is 19.2. The second kappa shape index (κ2) is 4.59. The van der Waals surface area contributed by atoms with Crippen molar-refractivity contribution in [2.24, 2.45) is 0 Å². The lowest BCUT2D eigenvalue weighted by Gasteiger charge is -2.14. The van der Waals surface area contributed by atoms with E-state index >= 15 is 0 Å². The quantitative estimate of drug-likeness (QED) is 0.340. The van der Waals surface area contributed by atoms with Crippen molar-refractivity contribution in [1.29, 1.82) is 0 Å². The van der Waals surface area contributed by atoms with Gasteiger partial charge in [-0.3, -0.25) is 0 Å². The second-order valence-electron chi connectivity index (χ2n) is 2.69. The molecule has 0 N–H and O–H groups in total. The van der Waals surface area contributed by atoms with Crippen molar-refractivity contribution in [2.75, 3.05) is 14.2 Å². The zero-order chi connectivity index (χ0) is 11.6. The summed E-state index contributed by atoms with van der Waals surface area (Å²) in [5.74, 6) is -6.77. The van der Waals surface area contributed by atoms with Gasteiger partial charge in [-0.25, -0.2) is 17.6 Å². The molecule has 1 aromatic rings. The van der Waals surface area contributed by atoms with Crippen LogP contribution < -0.4 is 0 Å². The summed E-state index contributed by atoms with van der Waals surface area (Å²) in [6, 6.07) is 0.491. The summed E-state index contributed by atoms with van der Waals surface area (Å²) in [6.45, 7) is 0. The molecule has 0 spiro atoms. The van der Waals surface area contributed by atoms with Crippen molar-refractivity contribution in [2.45, 2.75) is 6.29 Å². The van der Waals surface area contributed by atoms with E-state index in [9.17, 15) is 17.6 Å². The number of methoxy groups -OCH3 is 2. The fourth-order valence-corrected chi connectivity index (χ4v) is 1.11.